The fourth-order valence-electron chi connectivity index (χ4n) is 4.16. The van der Waals surface area contributed by atoms with Gasteiger partial charge in [0.2, 0.25) is 5.90 Å². The second kappa shape index (κ2) is 12.6. The molecule has 11 heteroatoms. The van der Waals surface area contributed by atoms with Gasteiger partial charge in [-0.05, 0) is 36.4 Å². The van der Waals surface area contributed by atoms with Gasteiger partial charge in [0, 0.05) is 23.5 Å². The highest BCUT2D eigenvalue weighted by atomic mass is 19.1. The van der Waals surface area contributed by atoms with Crippen LogP contribution in [-0.4, -0.2) is 42.5 Å². The summed E-state index contributed by atoms with van der Waals surface area (Å²) >= 11 is 0. The number of nitriles is 1. The van der Waals surface area contributed by atoms with Crippen LogP contribution in [0.25, 0.3) is 22.1 Å². The number of pyridine rings is 2. The van der Waals surface area contributed by atoms with Crippen molar-refractivity contribution in [2.75, 3.05) is 7.11 Å². The van der Waals surface area contributed by atoms with Gasteiger partial charge in [-0.25, -0.2) is 28.1 Å². The number of methoxy groups -OCH3 is 1. The Hall–Kier alpha value is -5.50. The molecule has 0 radical (unpaired) electrons. The van der Waals surface area contributed by atoms with Gasteiger partial charge in [-0.15, -0.1) is 0 Å². The van der Waals surface area contributed by atoms with Gasteiger partial charge < -0.3 is 4.74 Å². The van der Waals surface area contributed by atoms with Gasteiger partial charge in [0.05, 0.1) is 31.0 Å². The van der Waals surface area contributed by atoms with Crippen molar-refractivity contribution in [3.63, 3.8) is 0 Å². The van der Waals surface area contributed by atoms with Gasteiger partial charge in [0.25, 0.3) is 0 Å². The maximum atomic E-state index is 13.8. The molecule has 0 saturated heterocycles. The van der Waals surface area contributed by atoms with E-state index < -0.39 is 0 Å². The predicted molar refractivity (Wildman–Crippen MR) is 151 cm³/mol. The zero-order chi connectivity index (χ0) is 28.1. The summed E-state index contributed by atoms with van der Waals surface area (Å²) in [5.41, 5.74) is 2.92. The molecule has 2 aromatic carbocycles. The zero-order valence-electron chi connectivity index (χ0n) is 21.3. The Kier molecular flexibility index (Phi) is 8.74. The highest BCUT2D eigenvalue weighted by Crippen LogP contribution is 2.20. The number of rotatable bonds is 5. The molecule has 0 aliphatic rings. The number of nitrogens with zero attached hydrogens (tertiary/aromatic N) is 7. The van der Waals surface area contributed by atoms with E-state index in [1.54, 1.807) is 76.4 Å². The Bertz CT molecular complexity index is 1870. The van der Waals surface area contributed by atoms with Crippen LogP contribution in [0, 0.1) is 28.4 Å². The molecule has 0 amide bonds. The third kappa shape index (κ3) is 5.91. The first-order chi connectivity index (χ1) is 19.5. The summed E-state index contributed by atoms with van der Waals surface area (Å²) in [7, 11) is 1.42. The average Bonchev–Trinajstić information content (AvgIpc) is 3.54. The Morgan fingerprint density at radius 2 is 1.32 bits per heavy atom. The largest absolute Gasteiger partial charge is 0.480 e. The Balaban J connectivity index is 0.000000185. The number of aromatic nitrogens is 6. The first-order valence-electron chi connectivity index (χ1n) is 12.1. The van der Waals surface area contributed by atoms with E-state index in [1.165, 1.54) is 19.2 Å². The van der Waals surface area contributed by atoms with Crippen molar-refractivity contribution in [1.29, 1.82) is 10.7 Å². The highest BCUT2D eigenvalue weighted by Gasteiger charge is 2.17. The highest BCUT2D eigenvalue weighted by molar-refractivity contribution is 6.02. The lowest BCUT2D eigenvalue weighted by Gasteiger charge is -2.04. The van der Waals surface area contributed by atoms with Gasteiger partial charge in [-0.3, -0.25) is 5.41 Å². The van der Waals surface area contributed by atoms with Crippen molar-refractivity contribution in [2.45, 2.75) is 20.5 Å². The SMILES string of the molecule is C.COC(=N)c1nn(Cc2ccccc2F)c2ncccc12.N#Cc1nn(Cc2ccccc2F)c2ncccc12. The first kappa shape index (κ1) is 28.5. The quantitative estimate of drug-likeness (QED) is 0.216. The second-order valence-corrected chi connectivity index (χ2v) is 8.59. The van der Waals surface area contributed by atoms with Crippen LogP contribution in [0.3, 0.4) is 0 Å². The van der Waals surface area contributed by atoms with Crippen molar-refractivity contribution < 1.29 is 13.5 Å². The third-order valence-corrected chi connectivity index (χ3v) is 6.10. The number of fused-ring (bicyclic) bond motifs is 2. The van der Waals surface area contributed by atoms with Crippen LogP contribution >= 0.6 is 0 Å². The van der Waals surface area contributed by atoms with E-state index in [1.807, 2.05) is 12.1 Å². The molecule has 6 aromatic rings. The minimum atomic E-state index is -0.291. The molecule has 4 aromatic heterocycles. The lowest BCUT2D eigenvalue weighted by Crippen LogP contribution is -2.07. The second-order valence-electron chi connectivity index (χ2n) is 8.59. The summed E-state index contributed by atoms with van der Waals surface area (Å²) in [6.07, 6.45) is 3.27. The van der Waals surface area contributed by atoms with Crippen LogP contribution in [0.1, 0.15) is 29.9 Å². The first-order valence-corrected chi connectivity index (χ1v) is 12.1. The molecule has 0 saturated carbocycles. The van der Waals surface area contributed by atoms with Crippen molar-refractivity contribution in [3.05, 3.63) is 119 Å². The van der Waals surface area contributed by atoms with Gasteiger partial charge in [0.1, 0.15) is 17.7 Å². The molecule has 1 N–H and O–H groups in total. The molecule has 41 heavy (non-hydrogen) atoms. The van der Waals surface area contributed by atoms with Crippen LogP contribution in [0.5, 0.6) is 0 Å². The number of halogens is 2. The van der Waals surface area contributed by atoms with E-state index in [4.69, 9.17) is 15.4 Å². The standard InChI is InChI=1S/C15H13FN4O.C14H9FN4.CH4/c1-21-14(17)13-11-6-4-8-18-15(11)20(19-13)9-10-5-2-3-7-12(10)16;15-12-6-2-1-4-10(12)9-19-14-11(5-3-7-17-14)13(8-16)18-19;/h2-8,17H,9H2,1H3;1-7H,9H2;1H4. The van der Waals surface area contributed by atoms with Crippen LogP contribution in [-0.2, 0) is 17.8 Å². The molecule has 0 bridgehead atoms. The molecule has 206 valence electrons. The summed E-state index contributed by atoms with van der Waals surface area (Å²) in [4.78, 5) is 8.47. The van der Waals surface area contributed by atoms with E-state index in [0.29, 0.717) is 44.6 Å². The summed E-state index contributed by atoms with van der Waals surface area (Å²) in [6.45, 7) is 0.499. The van der Waals surface area contributed by atoms with Gasteiger partial charge in [-0.2, -0.15) is 15.5 Å². The summed E-state index contributed by atoms with van der Waals surface area (Å²) in [6, 6.07) is 22.2. The number of hydrogen-bond donors (Lipinski definition) is 1. The Morgan fingerprint density at radius 3 is 1.85 bits per heavy atom. The Labute approximate surface area is 234 Å². The van der Waals surface area contributed by atoms with E-state index in [-0.39, 0.29) is 38.0 Å². The minimum absolute atomic E-state index is 0. The zero-order valence-corrected chi connectivity index (χ0v) is 21.3. The van der Waals surface area contributed by atoms with Crippen molar-refractivity contribution in [1.82, 2.24) is 29.5 Å². The van der Waals surface area contributed by atoms with Crippen molar-refractivity contribution in [3.8, 4) is 6.07 Å². The molecule has 0 aliphatic heterocycles. The van der Waals surface area contributed by atoms with Crippen molar-refractivity contribution in [2.24, 2.45) is 0 Å². The lowest BCUT2D eigenvalue weighted by molar-refractivity contribution is 0.399. The molecular formula is C30H26F2N8O. The van der Waals surface area contributed by atoms with E-state index in [0.717, 1.165) is 0 Å². The maximum absolute atomic E-state index is 13.8. The summed E-state index contributed by atoms with van der Waals surface area (Å²) < 4.78 is 35.5. The molecule has 0 spiro atoms. The number of nitrogens with one attached hydrogen (secondary N) is 1. The van der Waals surface area contributed by atoms with Gasteiger partial charge >= 0.3 is 0 Å². The lowest BCUT2D eigenvalue weighted by atomic mass is 10.2. The predicted octanol–water partition coefficient (Wildman–Crippen LogP) is 5.72. The van der Waals surface area contributed by atoms with Gasteiger partial charge in [-0.1, -0.05) is 43.8 Å². The number of ether oxygens (including phenoxy) is 1. The molecule has 0 atom stereocenters. The smallest absolute Gasteiger partial charge is 0.234 e. The van der Waals surface area contributed by atoms with E-state index >= 15 is 0 Å². The number of hydrogen-bond acceptors (Lipinski definition) is 7. The molecular weight excluding hydrogens is 526 g/mol. The molecule has 6 rings (SSSR count). The molecule has 0 unspecified atom stereocenters. The van der Waals surface area contributed by atoms with Crippen LogP contribution < -0.4 is 0 Å². The normalized spacial score (nSPS) is 10.4. The third-order valence-electron chi connectivity index (χ3n) is 6.10. The van der Waals surface area contributed by atoms with Crippen LogP contribution in [0.4, 0.5) is 8.78 Å². The maximum Gasteiger partial charge on any atom is 0.234 e. The van der Waals surface area contributed by atoms with Crippen LogP contribution in [0.15, 0.2) is 85.2 Å². The molecule has 4 heterocycles. The fraction of sp³-hybridized carbons (Fsp3) is 0.133. The molecule has 9 nitrogen and oxygen atoms in total. The number of benzene rings is 2. The fourth-order valence-corrected chi connectivity index (χ4v) is 4.16. The van der Waals surface area contributed by atoms with Gasteiger partial charge in [0.15, 0.2) is 22.7 Å². The van der Waals surface area contributed by atoms with Crippen LogP contribution in [0.2, 0.25) is 0 Å². The topological polar surface area (TPSA) is 118 Å². The molecule has 0 fully saturated rings. The monoisotopic (exact) mass is 552 g/mol. The van der Waals surface area contributed by atoms with Crippen molar-refractivity contribution >= 4 is 28.0 Å². The minimum Gasteiger partial charge on any atom is -0.480 e. The van der Waals surface area contributed by atoms with E-state index in [2.05, 4.69) is 20.2 Å². The summed E-state index contributed by atoms with van der Waals surface area (Å²) in [5.74, 6) is -0.624. The molecule has 0 aliphatic carbocycles. The Morgan fingerprint density at radius 1 is 0.805 bits per heavy atom. The summed E-state index contributed by atoms with van der Waals surface area (Å²) in [5, 5.41) is 26.7. The van der Waals surface area contributed by atoms with E-state index in [9.17, 15) is 8.78 Å². The average molecular weight is 553 g/mol.